The molecule has 0 saturated heterocycles. The molecule has 0 spiro atoms. The molecular formula is C14H24N2S. The van der Waals surface area contributed by atoms with E-state index in [1.807, 2.05) is 5.51 Å². The van der Waals surface area contributed by atoms with Gasteiger partial charge < -0.3 is 5.32 Å². The summed E-state index contributed by atoms with van der Waals surface area (Å²) in [5.41, 5.74) is 3.22. The lowest BCUT2D eigenvalue weighted by Gasteiger charge is -2.33. The van der Waals surface area contributed by atoms with Crippen molar-refractivity contribution < 1.29 is 0 Å². The molecule has 1 fully saturated rings. The second kappa shape index (κ2) is 6.50. The molecule has 1 aromatic rings. The van der Waals surface area contributed by atoms with Crippen molar-refractivity contribution in [3.05, 3.63) is 16.6 Å². The lowest BCUT2D eigenvalue weighted by molar-refractivity contribution is 0.218. The summed E-state index contributed by atoms with van der Waals surface area (Å²) >= 11 is 1.71. The highest BCUT2D eigenvalue weighted by Gasteiger charge is 2.28. The zero-order chi connectivity index (χ0) is 12.1. The van der Waals surface area contributed by atoms with Crippen molar-refractivity contribution in [3.8, 4) is 0 Å². The average molecular weight is 252 g/mol. The summed E-state index contributed by atoms with van der Waals surface area (Å²) in [6.45, 7) is 5.56. The van der Waals surface area contributed by atoms with Gasteiger partial charge in [-0.1, -0.05) is 33.1 Å². The summed E-state index contributed by atoms with van der Waals surface area (Å²) in [6, 6.07) is 0.490. The summed E-state index contributed by atoms with van der Waals surface area (Å²) in [7, 11) is 0. The minimum Gasteiger partial charge on any atom is -0.309 e. The molecular weight excluding hydrogens is 228 g/mol. The van der Waals surface area contributed by atoms with E-state index in [1.54, 1.807) is 11.3 Å². The normalized spacial score (nSPS) is 26.9. The Kier molecular flexibility index (Phi) is 4.99. The zero-order valence-corrected chi connectivity index (χ0v) is 11.8. The van der Waals surface area contributed by atoms with Gasteiger partial charge in [-0.15, -0.1) is 11.3 Å². The number of aromatic nitrogens is 1. The number of hydrogen-bond donors (Lipinski definition) is 1. The minimum absolute atomic E-state index is 0.490. The summed E-state index contributed by atoms with van der Waals surface area (Å²) in [5, 5.41) is 5.84. The molecule has 1 heterocycles. The van der Waals surface area contributed by atoms with Crippen molar-refractivity contribution in [2.45, 2.75) is 52.0 Å². The van der Waals surface area contributed by atoms with Gasteiger partial charge >= 0.3 is 0 Å². The van der Waals surface area contributed by atoms with Gasteiger partial charge in [-0.3, -0.25) is 0 Å². The molecule has 0 aromatic carbocycles. The average Bonchev–Trinajstić information content (AvgIpc) is 2.90. The van der Waals surface area contributed by atoms with Gasteiger partial charge in [-0.05, 0) is 31.2 Å². The van der Waals surface area contributed by atoms with Crippen molar-refractivity contribution in [3.63, 3.8) is 0 Å². The number of hydrogen-bond acceptors (Lipinski definition) is 3. The molecule has 1 unspecified atom stereocenters. The van der Waals surface area contributed by atoms with Crippen LogP contribution in [-0.4, -0.2) is 11.5 Å². The molecule has 1 atom stereocenters. The molecule has 0 aliphatic heterocycles. The van der Waals surface area contributed by atoms with E-state index in [-0.39, 0.29) is 0 Å². The minimum atomic E-state index is 0.490. The Hall–Kier alpha value is -0.410. The Morgan fingerprint density at radius 1 is 1.35 bits per heavy atom. The fraction of sp³-hybridized carbons (Fsp3) is 0.786. The molecule has 0 bridgehead atoms. The third kappa shape index (κ3) is 3.29. The van der Waals surface area contributed by atoms with Gasteiger partial charge in [0.25, 0.3) is 0 Å². The van der Waals surface area contributed by atoms with Crippen molar-refractivity contribution in [1.29, 1.82) is 0 Å². The molecule has 1 aliphatic carbocycles. The van der Waals surface area contributed by atoms with E-state index in [1.165, 1.54) is 37.8 Å². The first-order chi connectivity index (χ1) is 8.35. The topological polar surface area (TPSA) is 24.9 Å². The second-order valence-corrected chi connectivity index (χ2v) is 5.86. The summed E-state index contributed by atoms with van der Waals surface area (Å²) in [5.74, 6) is 1.77. The first kappa shape index (κ1) is 13.0. The van der Waals surface area contributed by atoms with Crippen LogP contribution in [0.25, 0.3) is 0 Å². The molecule has 96 valence electrons. The monoisotopic (exact) mass is 252 g/mol. The maximum atomic E-state index is 4.51. The third-order valence-corrected chi connectivity index (χ3v) is 4.74. The molecule has 0 amide bonds. The van der Waals surface area contributed by atoms with Gasteiger partial charge in [0.1, 0.15) is 0 Å². The van der Waals surface area contributed by atoms with Crippen molar-refractivity contribution in [2.24, 2.45) is 11.8 Å². The van der Waals surface area contributed by atoms with Gasteiger partial charge in [0.05, 0.1) is 17.2 Å². The first-order valence-corrected chi connectivity index (χ1v) is 7.90. The summed E-state index contributed by atoms with van der Waals surface area (Å²) < 4.78 is 0. The maximum Gasteiger partial charge on any atom is 0.0795 e. The number of nitrogens with zero attached hydrogens (tertiary/aromatic N) is 1. The van der Waals surface area contributed by atoms with Crippen LogP contribution in [0.3, 0.4) is 0 Å². The highest BCUT2D eigenvalue weighted by molar-refractivity contribution is 7.07. The van der Waals surface area contributed by atoms with E-state index >= 15 is 0 Å². The number of rotatable bonds is 5. The standard InChI is InChI=1S/C14H24N2S/c1-3-11-5-7-12(8-6-11)14(15-4-2)13-9-17-10-16-13/h9-12,14-15H,3-8H2,1-2H3. The highest BCUT2D eigenvalue weighted by Crippen LogP contribution is 2.37. The molecule has 2 rings (SSSR count). The highest BCUT2D eigenvalue weighted by atomic mass is 32.1. The van der Waals surface area contributed by atoms with E-state index in [9.17, 15) is 0 Å². The van der Waals surface area contributed by atoms with Crippen LogP contribution in [0.4, 0.5) is 0 Å². The largest absolute Gasteiger partial charge is 0.309 e. The van der Waals surface area contributed by atoms with Crippen LogP contribution in [0.15, 0.2) is 10.9 Å². The van der Waals surface area contributed by atoms with Crippen LogP contribution in [-0.2, 0) is 0 Å². The quantitative estimate of drug-likeness (QED) is 0.856. The van der Waals surface area contributed by atoms with Gasteiger partial charge in [0.2, 0.25) is 0 Å². The molecule has 17 heavy (non-hydrogen) atoms. The van der Waals surface area contributed by atoms with Gasteiger partial charge in [-0.25, -0.2) is 4.98 Å². The Morgan fingerprint density at radius 2 is 2.12 bits per heavy atom. The Labute approximate surface area is 109 Å². The fourth-order valence-corrected chi connectivity index (χ4v) is 3.63. The Bertz CT molecular complexity index is 302. The van der Waals surface area contributed by atoms with E-state index in [0.29, 0.717) is 6.04 Å². The zero-order valence-electron chi connectivity index (χ0n) is 11.0. The van der Waals surface area contributed by atoms with Crippen molar-refractivity contribution >= 4 is 11.3 Å². The fourth-order valence-electron chi connectivity index (χ4n) is 3.04. The Balaban J connectivity index is 1.98. The predicted molar refractivity (Wildman–Crippen MR) is 74.3 cm³/mol. The van der Waals surface area contributed by atoms with Crippen LogP contribution < -0.4 is 5.32 Å². The lowest BCUT2D eigenvalue weighted by atomic mass is 9.77. The second-order valence-electron chi connectivity index (χ2n) is 5.14. The van der Waals surface area contributed by atoms with Crippen LogP contribution in [0, 0.1) is 11.8 Å². The maximum absolute atomic E-state index is 4.51. The molecule has 1 N–H and O–H groups in total. The smallest absolute Gasteiger partial charge is 0.0795 e. The lowest BCUT2D eigenvalue weighted by Crippen LogP contribution is -2.31. The molecule has 1 aliphatic rings. The van der Waals surface area contributed by atoms with Crippen molar-refractivity contribution in [1.82, 2.24) is 10.3 Å². The molecule has 1 aromatic heterocycles. The van der Waals surface area contributed by atoms with Gasteiger partial charge in [0, 0.05) is 5.38 Å². The Morgan fingerprint density at radius 3 is 2.65 bits per heavy atom. The van der Waals surface area contributed by atoms with Crippen LogP contribution >= 0.6 is 11.3 Å². The molecule has 3 heteroatoms. The van der Waals surface area contributed by atoms with Crippen LogP contribution in [0.2, 0.25) is 0 Å². The van der Waals surface area contributed by atoms with Crippen molar-refractivity contribution in [2.75, 3.05) is 6.54 Å². The van der Waals surface area contributed by atoms with Crippen LogP contribution in [0.1, 0.15) is 57.7 Å². The molecule has 0 radical (unpaired) electrons. The van der Waals surface area contributed by atoms with Gasteiger partial charge in [0.15, 0.2) is 0 Å². The number of nitrogens with one attached hydrogen (secondary N) is 1. The van der Waals surface area contributed by atoms with Crippen LogP contribution in [0.5, 0.6) is 0 Å². The summed E-state index contributed by atoms with van der Waals surface area (Å²) in [6.07, 6.45) is 6.91. The molecule has 2 nitrogen and oxygen atoms in total. The SMILES string of the molecule is CCNC(c1cscn1)C1CCC(CC)CC1. The predicted octanol–water partition coefficient (Wildman–Crippen LogP) is 4.01. The van der Waals surface area contributed by atoms with E-state index in [4.69, 9.17) is 0 Å². The molecule has 1 saturated carbocycles. The van der Waals surface area contributed by atoms with E-state index in [0.717, 1.165) is 18.4 Å². The summed E-state index contributed by atoms with van der Waals surface area (Å²) in [4.78, 5) is 4.51. The number of thiazole rings is 1. The third-order valence-electron chi connectivity index (χ3n) is 4.13. The van der Waals surface area contributed by atoms with E-state index < -0.39 is 0 Å². The van der Waals surface area contributed by atoms with Gasteiger partial charge in [-0.2, -0.15) is 0 Å². The van der Waals surface area contributed by atoms with E-state index in [2.05, 4.69) is 29.5 Å². The first-order valence-electron chi connectivity index (χ1n) is 6.96.